The molecule has 1 atom stereocenters. The molecule has 0 fully saturated rings. The highest BCUT2D eigenvalue weighted by Crippen LogP contribution is 2.42. The summed E-state index contributed by atoms with van der Waals surface area (Å²) in [5.41, 5.74) is 7.25. The van der Waals surface area contributed by atoms with Crippen molar-refractivity contribution in [1.29, 1.82) is 0 Å². The van der Waals surface area contributed by atoms with Gasteiger partial charge in [0.2, 0.25) is 0 Å². The van der Waals surface area contributed by atoms with Crippen LogP contribution in [-0.4, -0.2) is 57.4 Å². The fourth-order valence-electron chi connectivity index (χ4n) is 3.07. The topological polar surface area (TPSA) is 91.1 Å². The first kappa shape index (κ1) is 21.9. The molecule has 7 nitrogen and oxygen atoms in total. The summed E-state index contributed by atoms with van der Waals surface area (Å²) in [6.45, 7) is 2.72. The van der Waals surface area contributed by atoms with Gasteiger partial charge in [0, 0.05) is 24.8 Å². The number of carbonyl (C=O) groups is 2. The van der Waals surface area contributed by atoms with Crippen LogP contribution in [0.25, 0.3) is 0 Å². The van der Waals surface area contributed by atoms with E-state index in [-0.39, 0.29) is 24.4 Å². The van der Waals surface area contributed by atoms with Gasteiger partial charge in [0.1, 0.15) is 0 Å². The fourth-order valence-corrected chi connectivity index (χ4v) is 3.31. The quantitative estimate of drug-likeness (QED) is 0.521. The molecule has 0 bridgehead atoms. The Labute approximate surface area is 169 Å². The first-order valence-electron chi connectivity index (χ1n) is 8.91. The number of halogens is 1. The lowest BCUT2D eigenvalue weighted by Crippen LogP contribution is -2.33. The van der Waals surface area contributed by atoms with Crippen molar-refractivity contribution in [2.45, 2.75) is 12.8 Å². The number of ether oxygens (including phenoxy) is 3. The third-order valence-electron chi connectivity index (χ3n) is 4.30. The molecule has 152 valence electrons. The molecular formula is C20H25ClN2O5. The maximum Gasteiger partial charge on any atom is 0.336 e. The fraction of sp³-hybridized carbons (Fsp3) is 0.400. The SMILES string of the molecule is CCOC(=O)C1=C(COCCN)N(C)C=C(C(=O)OC)C1c1ccccc1Cl. The van der Waals surface area contributed by atoms with Crippen LogP contribution in [0.3, 0.4) is 0 Å². The Bertz CT molecular complexity index is 791. The number of nitrogens with zero attached hydrogens (tertiary/aromatic N) is 1. The second-order valence-electron chi connectivity index (χ2n) is 6.06. The highest BCUT2D eigenvalue weighted by molar-refractivity contribution is 6.31. The first-order chi connectivity index (χ1) is 13.5. The van der Waals surface area contributed by atoms with Crippen LogP contribution in [0.1, 0.15) is 18.4 Å². The van der Waals surface area contributed by atoms with Gasteiger partial charge in [-0.25, -0.2) is 9.59 Å². The van der Waals surface area contributed by atoms with Gasteiger partial charge in [-0.2, -0.15) is 0 Å². The largest absolute Gasteiger partial charge is 0.466 e. The van der Waals surface area contributed by atoms with E-state index in [0.29, 0.717) is 29.4 Å². The van der Waals surface area contributed by atoms with Crippen molar-refractivity contribution in [3.63, 3.8) is 0 Å². The minimum Gasteiger partial charge on any atom is -0.466 e. The molecule has 0 saturated heterocycles. The van der Waals surface area contributed by atoms with Crippen molar-refractivity contribution in [3.05, 3.63) is 57.9 Å². The van der Waals surface area contributed by atoms with E-state index in [0.717, 1.165) is 0 Å². The molecule has 1 unspecified atom stereocenters. The lowest BCUT2D eigenvalue weighted by atomic mass is 9.81. The van der Waals surface area contributed by atoms with Crippen LogP contribution in [0.2, 0.25) is 5.02 Å². The Hall–Kier alpha value is -2.35. The van der Waals surface area contributed by atoms with Gasteiger partial charge in [-0.3, -0.25) is 0 Å². The van der Waals surface area contributed by atoms with E-state index < -0.39 is 17.9 Å². The number of carbonyl (C=O) groups excluding carboxylic acids is 2. The zero-order chi connectivity index (χ0) is 20.7. The number of nitrogens with two attached hydrogens (primary N) is 1. The Morgan fingerprint density at radius 1 is 1.25 bits per heavy atom. The normalized spacial score (nSPS) is 16.7. The van der Waals surface area contributed by atoms with Gasteiger partial charge in [0.25, 0.3) is 0 Å². The van der Waals surface area contributed by atoms with Crippen molar-refractivity contribution in [2.75, 3.05) is 40.5 Å². The molecule has 2 N–H and O–H groups in total. The number of esters is 2. The molecular weight excluding hydrogens is 384 g/mol. The summed E-state index contributed by atoms with van der Waals surface area (Å²) >= 11 is 6.41. The number of methoxy groups -OCH3 is 1. The standard InChI is InChI=1S/C20H25ClN2O5/c1-4-28-20(25)18-16(12-27-10-9-22)23(2)11-14(19(24)26-3)17(18)13-7-5-6-8-15(13)21/h5-8,11,17H,4,9-10,12,22H2,1-3H3. The number of likely N-dealkylation sites (N-methyl/N-ethyl adjacent to an activating group) is 1. The molecule has 1 aliphatic rings. The molecule has 1 aromatic carbocycles. The summed E-state index contributed by atoms with van der Waals surface area (Å²) in [5, 5.41) is 0.427. The lowest BCUT2D eigenvalue weighted by molar-refractivity contribution is -0.139. The zero-order valence-corrected chi connectivity index (χ0v) is 17.0. The van der Waals surface area contributed by atoms with Crippen molar-refractivity contribution >= 4 is 23.5 Å². The van der Waals surface area contributed by atoms with Gasteiger partial charge in [0.15, 0.2) is 0 Å². The van der Waals surface area contributed by atoms with Crippen molar-refractivity contribution in [2.24, 2.45) is 5.73 Å². The maximum atomic E-state index is 12.9. The van der Waals surface area contributed by atoms with E-state index in [2.05, 4.69) is 0 Å². The molecule has 1 aliphatic heterocycles. The van der Waals surface area contributed by atoms with Crippen LogP contribution >= 0.6 is 11.6 Å². The number of hydrogen-bond donors (Lipinski definition) is 1. The van der Waals surface area contributed by atoms with Crippen LogP contribution in [0.5, 0.6) is 0 Å². The minimum atomic E-state index is -0.743. The first-order valence-corrected chi connectivity index (χ1v) is 9.29. The second kappa shape index (κ2) is 10.3. The predicted molar refractivity (Wildman–Crippen MR) is 106 cm³/mol. The molecule has 0 aromatic heterocycles. The average molecular weight is 409 g/mol. The summed E-state index contributed by atoms with van der Waals surface area (Å²) in [7, 11) is 3.02. The van der Waals surface area contributed by atoms with Crippen LogP contribution in [-0.2, 0) is 23.8 Å². The summed E-state index contributed by atoms with van der Waals surface area (Å²) in [6, 6.07) is 7.05. The number of hydrogen-bond acceptors (Lipinski definition) is 7. The monoisotopic (exact) mass is 408 g/mol. The number of benzene rings is 1. The second-order valence-corrected chi connectivity index (χ2v) is 6.47. The van der Waals surface area contributed by atoms with E-state index >= 15 is 0 Å². The van der Waals surface area contributed by atoms with E-state index in [1.807, 2.05) is 0 Å². The van der Waals surface area contributed by atoms with E-state index in [4.69, 9.17) is 31.5 Å². The molecule has 0 saturated carbocycles. The van der Waals surface area contributed by atoms with Crippen molar-refractivity contribution < 1.29 is 23.8 Å². The molecule has 28 heavy (non-hydrogen) atoms. The van der Waals surface area contributed by atoms with E-state index in [1.165, 1.54) is 7.11 Å². The van der Waals surface area contributed by atoms with Gasteiger partial charge in [-0.15, -0.1) is 0 Å². The van der Waals surface area contributed by atoms with Crippen LogP contribution in [0, 0.1) is 0 Å². The smallest absolute Gasteiger partial charge is 0.336 e. The molecule has 8 heteroatoms. The average Bonchev–Trinajstić information content (AvgIpc) is 2.68. The molecule has 0 aliphatic carbocycles. The molecule has 0 radical (unpaired) electrons. The number of rotatable bonds is 8. The van der Waals surface area contributed by atoms with Gasteiger partial charge in [-0.1, -0.05) is 29.8 Å². The molecule has 1 heterocycles. The third kappa shape index (κ3) is 4.73. The highest BCUT2D eigenvalue weighted by Gasteiger charge is 2.39. The summed E-state index contributed by atoms with van der Waals surface area (Å²) in [6.07, 6.45) is 1.63. The lowest BCUT2D eigenvalue weighted by Gasteiger charge is -2.33. The van der Waals surface area contributed by atoms with Crippen molar-refractivity contribution in [3.8, 4) is 0 Å². The molecule has 0 spiro atoms. The summed E-state index contributed by atoms with van der Waals surface area (Å²) in [4.78, 5) is 27.1. The Balaban J connectivity index is 2.67. The van der Waals surface area contributed by atoms with Crippen LogP contribution < -0.4 is 5.73 Å². The zero-order valence-electron chi connectivity index (χ0n) is 16.2. The molecule has 0 amide bonds. The Kier molecular flexibility index (Phi) is 8.04. The summed E-state index contributed by atoms with van der Waals surface area (Å²) in [5.74, 6) is -1.84. The minimum absolute atomic E-state index is 0.133. The molecule has 1 aromatic rings. The third-order valence-corrected chi connectivity index (χ3v) is 4.65. The Morgan fingerprint density at radius 3 is 2.57 bits per heavy atom. The highest BCUT2D eigenvalue weighted by atomic mass is 35.5. The van der Waals surface area contributed by atoms with Gasteiger partial charge in [0.05, 0.1) is 49.7 Å². The predicted octanol–water partition coefficient (Wildman–Crippen LogP) is 2.22. The summed E-state index contributed by atoms with van der Waals surface area (Å²) < 4.78 is 15.8. The Morgan fingerprint density at radius 2 is 1.96 bits per heavy atom. The van der Waals surface area contributed by atoms with Gasteiger partial charge < -0.3 is 24.8 Å². The van der Waals surface area contributed by atoms with Gasteiger partial charge >= 0.3 is 11.9 Å². The van der Waals surface area contributed by atoms with Crippen LogP contribution in [0.15, 0.2) is 47.3 Å². The molecule has 2 rings (SSSR count). The van der Waals surface area contributed by atoms with Crippen molar-refractivity contribution in [1.82, 2.24) is 4.90 Å². The van der Waals surface area contributed by atoms with Crippen LogP contribution in [0.4, 0.5) is 0 Å². The van der Waals surface area contributed by atoms with E-state index in [1.54, 1.807) is 49.3 Å². The van der Waals surface area contributed by atoms with E-state index in [9.17, 15) is 9.59 Å². The maximum absolute atomic E-state index is 12.9. The van der Waals surface area contributed by atoms with Gasteiger partial charge in [-0.05, 0) is 18.6 Å².